The SMILES string of the molecule is Cc1cc(C(=O)N2CC3(CCNCC3)c3cc(Sc4ccc(F)cc4)ccc32)ccn1. The summed E-state index contributed by atoms with van der Waals surface area (Å²) in [7, 11) is 0. The minimum absolute atomic E-state index is 0.0288. The smallest absolute Gasteiger partial charge is 0.258 e. The molecule has 1 fully saturated rings. The number of hydrogen-bond donors (Lipinski definition) is 1. The van der Waals surface area contributed by atoms with Crippen LogP contribution in [0.25, 0.3) is 0 Å². The molecule has 2 aliphatic rings. The topological polar surface area (TPSA) is 45.2 Å². The molecule has 1 amide bonds. The van der Waals surface area contributed by atoms with E-state index in [0.29, 0.717) is 12.1 Å². The van der Waals surface area contributed by atoms with E-state index < -0.39 is 0 Å². The van der Waals surface area contributed by atoms with Crippen LogP contribution in [0.5, 0.6) is 0 Å². The number of halogens is 1. The van der Waals surface area contributed by atoms with E-state index in [-0.39, 0.29) is 17.1 Å². The molecule has 0 atom stereocenters. The fraction of sp³-hybridized carbons (Fsp3) is 0.280. The molecule has 0 unspecified atom stereocenters. The van der Waals surface area contributed by atoms with Crippen molar-refractivity contribution in [2.24, 2.45) is 0 Å². The van der Waals surface area contributed by atoms with Crippen LogP contribution in [-0.4, -0.2) is 30.5 Å². The maximum Gasteiger partial charge on any atom is 0.258 e. The highest BCUT2D eigenvalue weighted by Crippen LogP contribution is 2.48. The summed E-state index contributed by atoms with van der Waals surface area (Å²) in [6, 6.07) is 16.6. The highest BCUT2D eigenvalue weighted by molar-refractivity contribution is 7.99. The van der Waals surface area contributed by atoms with Gasteiger partial charge >= 0.3 is 0 Å². The van der Waals surface area contributed by atoms with Crippen LogP contribution in [0.15, 0.2) is 70.6 Å². The van der Waals surface area contributed by atoms with Crippen LogP contribution >= 0.6 is 11.8 Å². The van der Waals surface area contributed by atoms with Crippen molar-refractivity contribution in [3.8, 4) is 0 Å². The molecular weight excluding hydrogens is 409 g/mol. The van der Waals surface area contributed by atoms with Gasteiger partial charge in [0.2, 0.25) is 0 Å². The molecule has 3 aromatic rings. The number of carbonyl (C=O) groups is 1. The summed E-state index contributed by atoms with van der Waals surface area (Å²) < 4.78 is 13.3. The number of carbonyl (C=O) groups excluding carboxylic acids is 1. The molecule has 6 heteroatoms. The van der Waals surface area contributed by atoms with Gasteiger partial charge in [0.05, 0.1) is 0 Å². The zero-order valence-corrected chi connectivity index (χ0v) is 18.2. The van der Waals surface area contributed by atoms with Crippen LogP contribution < -0.4 is 10.2 Å². The first-order valence-corrected chi connectivity index (χ1v) is 11.4. The quantitative estimate of drug-likeness (QED) is 0.634. The van der Waals surface area contributed by atoms with Crippen molar-refractivity contribution >= 4 is 23.4 Å². The number of amides is 1. The highest BCUT2D eigenvalue weighted by atomic mass is 32.2. The van der Waals surface area contributed by atoms with Crippen molar-refractivity contribution in [1.82, 2.24) is 10.3 Å². The van der Waals surface area contributed by atoms with Crippen LogP contribution in [0.2, 0.25) is 0 Å². The van der Waals surface area contributed by atoms with Crippen molar-refractivity contribution in [3.63, 3.8) is 0 Å². The molecule has 0 saturated carbocycles. The van der Waals surface area contributed by atoms with Crippen LogP contribution in [0.3, 0.4) is 0 Å². The van der Waals surface area contributed by atoms with E-state index in [0.717, 1.165) is 47.1 Å². The first-order valence-electron chi connectivity index (χ1n) is 10.6. The van der Waals surface area contributed by atoms with Gasteiger partial charge in [-0.2, -0.15) is 0 Å². The van der Waals surface area contributed by atoms with E-state index >= 15 is 0 Å². The Balaban J connectivity index is 1.52. The lowest BCUT2D eigenvalue weighted by Gasteiger charge is -2.34. The Kier molecular flexibility index (Phi) is 5.28. The van der Waals surface area contributed by atoms with Gasteiger partial charge in [0.25, 0.3) is 5.91 Å². The van der Waals surface area contributed by atoms with E-state index in [2.05, 4.69) is 28.5 Å². The Labute approximate surface area is 185 Å². The predicted octanol–water partition coefficient (Wildman–Crippen LogP) is 4.96. The minimum Gasteiger partial charge on any atom is -0.317 e. The van der Waals surface area contributed by atoms with Gasteiger partial charge in [-0.25, -0.2) is 4.39 Å². The number of fused-ring (bicyclic) bond motifs is 2. The van der Waals surface area contributed by atoms with Crippen molar-refractivity contribution in [1.29, 1.82) is 0 Å². The summed E-state index contributed by atoms with van der Waals surface area (Å²) in [6.07, 6.45) is 3.70. The summed E-state index contributed by atoms with van der Waals surface area (Å²) in [5.74, 6) is -0.200. The molecule has 0 aliphatic carbocycles. The van der Waals surface area contributed by atoms with Crippen molar-refractivity contribution in [2.75, 3.05) is 24.5 Å². The highest BCUT2D eigenvalue weighted by Gasteiger charge is 2.45. The van der Waals surface area contributed by atoms with Gasteiger partial charge in [-0.1, -0.05) is 11.8 Å². The fourth-order valence-corrected chi connectivity index (χ4v) is 5.56. The van der Waals surface area contributed by atoms with Gasteiger partial charge in [-0.15, -0.1) is 0 Å². The number of aryl methyl sites for hydroxylation is 1. The van der Waals surface area contributed by atoms with Crippen LogP contribution in [0.4, 0.5) is 10.1 Å². The number of benzene rings is 2. The Hall–Kier alpha value is -2.70. The van der Waals surface area contributed by atoms with Crippen molar-refractivity contribution in [3.05, 3.63) is 83.4 Å². The number of nitrogens with one attached hydrogen (secondary N) is 1. The molecule has 1 aromatic heterocycles. The second-order valence-electron chi connectivity index (χ2n) is 8.34. The first kappa shape index (κ1) is 20.2. The zero-order valence-electron chi connectivity index (χ0n) is 17.4. The second kappa shape index (κ2) is 8.09. The van der Waals surface area contributed by atoms with E-state index in [4.69, 9.17) is 0 Å². The summed E-state index contributed by atoms with van der Waals surface area (Å²) in [5, 5.41) is 3.46. The standard InChI is InChI=1S/C25H24FN3OS/c1-17-14-18(8-11-28-17)24(30)29-16-25(9-12-27-13-10-25)22-15-21(6-7-23(22)29)31-20-4-2-19(26)3-5-20/h2-8,11,14-15,27H,9-10,12-13,16H2,1H3. The first-order chi connectivity index (χ1) is 15.0. The molecule has 2 aromatic carbocycles. The van der Waals surface area contributed by atoms with Crippen LogP contribution in [0.1, 0.15) is 34.5 Å². The molecule has 31 heavy (non-hydrogen) atoms. The molecule has 0 radical (unpaired) electrons. The molecular formula is C25H24FN3OS. The molecule has 1 N–H and O–H groups in total. The average Bonchev–Trinajstić information content (AvgIpc) is 3.08. The molecule has 3 heterocycles. The third-order valence-electron chi connectivity index (χ3n) is 6.29. The molecule has 5 rings (SSSR count). The van der Waals surface area contributed by atoms with Crippen LogP contribution in [-0.2, 0) is 5.41 Å². The Morgan fingerprint density at radius 2 is 1.81 bits per heavy atom. The van der Waals surface area contributed by atoms with Gasteiger partial charge in [-0.05, 0) is 93.0 Å². The van der Waals surface area contributed by atoms with Gasteiger partial charge in [-0.3, -0.25) is 9.78 Å². The Morgan fingerprint density at radius 1 is 1.06 bits per heavy atom. The van der Waals surface area contributed by atoms with Gasteiger partial charge in [0.15, 0.2) is 0 Å². The number of rotatable bonds is 3. The van der Waals surface area contributed by atoms with Gasteiger partial charge in [0.1, 0.15) is 5.82 Å². The molecule has 2 aliphatic heterocycles. The van der Waals surface area contributed by atoms with E-state index in [1.807, 2.05) is 17.9 Å². The number of piperidine rings is 1. The molecule has 158 valence electrons. The third-order valence-corrected chi connectivity index (χ3v) is 7.29. The fourth-order valence-electron chi connectivity index (χ4n) is 4.70. The van der Waals surface area contributed by atoms with E-state index in [9.17, 15) is 9.18 Å². The monoisotopic (exact) mass is 433 g/mol. The lowest BCUT2D eigenvalue weighted by atomic mass is 9.75. The largest absolute Gasteiger partial charge is 0.317 e. The Bertz CT molecular complexity index is 1130. The Morgan fingerprint density at radius 3 is 2.55 bits per heavy atom. The maximum atomic E-state index is 13.4. The van der Waals surface area contributed by atoms with Crippen molar-refractivity contribution in [2.45, 2.75) is 35.0 Å². The molecule has 4 nitrogen and oxygen atoms in total. The molecule has 0 bridgehead atoms. The minimum atomic E-state index is -0.229. The second-order valence-corrected chi connectivity index (χ2v) is 9.49. The summed E-state index contributed by atoms with van der Waals surface area (Å²) in [5.41, 5.74) is 3.74. The van der Waals surface area contributed by atoms with Gasteiger partial charge in [0, 0.05) is 44.9 Å². The van der Waals surface area contributed by atoms with Crippen LogP contribution in [0, 0.1) is 12.7 Å². The summed E-state index contributed by atoms with van der Waals surface area (Å²) in [4.78, 5) is 21.7. The third kappa shape index (κ3) is 3.86. The zero-order chi connectivity index (χ0) is 21.4. The number of nitrogens with zero attached hydrogens (tertiary/aromatic N) is 2. The van der Waals surface area contributed by atoms with E-state index in [1.54, 1.807) is 36.2 Å². The van der Waals surface area contributed by atoms with Crippen molar-refractivity contribution < 1.29 is 9.18 Å². The number of anilines is 1. The van der Waals surface area contributed by atoms with Gasteiger partial charge < -0.3 is 10.2 Å². The number of aromatic nitrogens is 1. The average molecular weight is 434 g/mol. The van der Waals surface area contributed by atoms with E-state index in [1.165, 1.54) is 17.7 Å². The summed E-state index contributed by atoms with van der Waals surface area (Å²) >= 11 is 1.62. The lowest BCUT2D eigenvalue weighted by Crippen LogP contribution is -2.44. The maximum absolute atomic E-state index is 13.4. The number of hydrogen-bond acceptors (Lipinski definition) is 4. The normalized spacial score (nSPS) is 17.0. The predicted molar refractivity (Wildman–Crippen MR) is 121 cm³/mol. The summed E-state index contributed by atoms with van der Waals surface area (Å²) in [6.45, 7) is 4.51. The molecule has 1 spiro atoms. The number of pyridine rings is 1. The lowest BCUT2D eigenvalue weighted by molar-refractivity contribution is 0.0982. The molecule has 1 saturated heterocycles.